The highest BCUT2D eigenvalue weighted by atomic mass is 15.1. The van der Waals surface area contributed by atoms with E-state index in [0.29, 0.717) is 5.41 Å². The summed E-state index contributed by atoms with van der Waals surface area (Å²) in [4.78, 5) is 2.48. The fourth-order valence-electron chi connectivity index (χ4n) is 2.49. The van der Waals surface area contributed by atoms with E-state index in [-0.39, 0.29) is 0 Å². The van der Waals surface area contributed by atoms with E-state index in [1.165, 1.54) is 19.4 Å². The van der Waals surface area contributed by atoms with Gasteiger partial charge in [-0.1, -0.05) is 11.6 Å². The van der Waals surface area contributed by atoms with Gasteiger partial charge in [0.05, 0.1) is 0 Å². The fraction of sp³-hybridized carbons (Fsp3) is 0.778. The van der Waals surface area contributed by atoms with Gasteiger partial charge in [-0.2, -0.15) is 0 Å². The fourth-order valence-corrected chi connectivity index (χ4v) is 2.49. The molecule has 0 aromatic heterocycles. The van der Waals surface area contributed by atoms with Crippen molar-refractivity contribution in [1.82, 2.24) is 4.90 Å². The van der Waals surface area contributed by atoms with Crippen LogP contribution < -0.4 is 0 Å². The van der Waals surface area contributed by atoms with Crippen molar-refractivity contribution < 1.29 is 0 Å². The van der Waals surface area contributed by atoms with E-state index in [1.807, 2.05) is 0 Å². The molecule has 2 heteroatoms. The number of hydrogen-bond acceptors (Lipinski definition) is 1. The van der Waals surface area contributed by atoms with Gasteiger partial charge in [0.25, 0.3) is 0 Å². The third-order valence-electron chi connectivity index (χ3n) is 3.63. The van der Waals surface area contributed by atoms with Gasteiger partial charge in [-0.3, -0.25) is 0 Å². The molecule has 11 heavy (non-hydrogen) atoms. The van der Waals surface area contributed by atoms with Gasteiger partial charge in [0.15, 0.2) is 0 Å². The van der Waals surface area contributed by atoms with Gasteiger partial charge >= 0.3 is 0 Å². The minimum atomic E-state index is 0.535. The molecule has 0 N–H and O–H groups in total. The highest BCUT2D eigenvalue weighted by Crippen LogP contribution is 2.52. The molecule has 2 rings (SSSR count). The van der Waals surface area contributed by atoms with Crippen LogP contribution in [0.2, 0.25) is 0 Å². The van der Waals surface area contributed by atoms with Crippen LogP contribution in [0.1, 0.15) is 19.8 Å². The van der Waals surface area contributed by atoms with Crippen molar-refractivity contribution >= 4 is 7.85 Å². The number of hydrogen-bond donors (Lipinski definition) is 0. The van der Waals surface area contributed by atoms with E-state index in [4.69, 9.17) is 0 Å². The molecule has 2 atom stereocenters. The normalized spacial score (nSPS) is 44.2. The zero-order chi connectivity index (χ0) is 8.06. The van der Waals surface area contributed by atoms with E-state index < -0.39 is 0 Å². The van der Waals surface area contributed by atoms with Gasteiger partial charge in [0.2, 0.25) is 0 Å². The first-order valence-corrected chi connectivity index (χ1v) is 4.57. The number of piperidine rings is 1. The Morgan fingerprint density at radius 2 is 2.36 bits per heavy atom. The maximum absolute atomic E-state index is 2.48. The molecule has 0 bridgehead atoms. The van der Waals surface area contributed by atoms with Crippen LogP contribution in [0.5, 0.6) is 0 Å². The average molecular weight is 149 g/mol. The Bertz CT molecular complexity index is 212. The molecule has 0 radical (unpaired) electrons. The topological polar surface area (TPSA) is 3.24 Å². The van der Waals surface area contributed by atoms with Crippen molar-refractivity contribution in [2.75, 3.05) is 13.6 Å². The van der Waals surface area contributed by atoms with Gasteiger partial charge in [-0.25, -0.2) is 0 Å². The molecule has 2 unspecified atom stereocenters. The van der Waals surface area contributed by atoms with Gasteiger partial charge in [-0.05, 0) is 39.3 Å². The van der Waals surface area contributed by atoms with Crippen molar-refractivity contribution in [3.63, 3.8) is 0 Å². The lowest BCUT2D eigenvalue weighted by atomic mass is 9.71. The molecule has 1 fully saturated rings. The SMILES string of the molecule is BC1N(C)CCCC12C=C2C. The Hall–Kier alpha value is -0.235. The predicted octanol–water partition coefficient (Wildman–Crippen LogP) is 0.617. The summed E-state index contributed by atoms with van der Waals surface area (Å²) >= 11 is 0. The van der Waals surface area contributed by atoms with Gasteiger partial charge in [-0.15, -0.1) is 0 Å². The van der Waals surface area contributed by atoms with Gasteiger partial charge in [0.1, 0.15) is 7.85 Å². The molecule has 60 valence electrons. The molecule has 1 aliphatic carbocycles. The van der Waals surface area contributed by atoms with Crippen molar-refractivity contribution in [3.8, 4) is 0 Å². The Morgan fingerprint density at radius 3 is 2.82 bits per heavy atom. The molecule has 1 heterocycles. The summed E-state index contributed by atoms with van der Waals surface area (Å²) < 4.78 is 0. The summed E-state index contributed by atoms with van der Waals surface area (Å²) in [6.07, 6.45) is 5.21. The van der Waals surface area contributed by atoms with Gasteiger partial charge < -0.3 is 4.90 Å². The smallest absolute Gasteiger partial charge is 0.125 e. The lowest BCUT2D eigenvalue weighted by Crippen LogP contribution is -2.45. The van der Waals surface area contributed by atoms with Crippen LogP contribution in [0.15, 0.2) is 11.6 Å². The summed E-state index contributed by atoms with van der Waals surface area (Å²) in [5.41, 5.74) is 2.16. The second-order valence-corrected chi connectivity index (χ2v) is 4.13. The highest BCUT2D eigenvalue weighted by Gasteiger charge is 2.48. The molecule has 1 aliphatic heterocycles. The first-order valence-electron chi connectivity index (χ1n) is 4.57. The van der Waals surface area contributed by atoms with Gasteiger partial charge in [0, 0.05) is 5.41 Å². The van der Waals surface area contributed by atoms with Crippen molar-refractivity contribution in [3.05, 3.63) is 11.6 Å². The summed E-state index contributed by atoms with van der Waals surface area (Å²) in [5, 5.41) is 0. The third kappa shape index (κ3) is 0.887. The van der Waals surface area contributed by atoms with Crippen LogP contribution >= 0.6 is 0 Å². The molecule has 2 aliphatic rings. The van der Waals surface area contributed by atoms with Crippen LogP contribution in [-0.2, 0) is 0 Å². The van der Waals surface area contributed by atoms with E-state index >= 15 is 0 Å². The lowest BCUT2D eigenvalue weighted by molar-refractivity contribution is 0.175. The largest absolute Gasteiger partial charge is 0.310 e. The summed E-state index contributed by atoms with van der Waals surface area (Å²) in [7, 11) is 4.59. The standard InChI is InChI=1S/C9H16BN/c1-7-6-9(7)4-3-5-11(2)8(9)10/h6,8H,3-5,10H2,1-2H3. The molecule has 1 nitrogen and oxygen atoms in total. The van der Waals surface area contributed by atoms with Crippen LogP contribution in [0.4, 0.5) is 0 Å². The molecule has 0 aromatic rings. The molecule has 1 spiro atoms. The Labute approximate surface area is 69.9 Å². The van der Waals surface area contributed by atoms with Crippen LogP contribution in [0.3, 0.4) is 0 Å². The number of rotatable bonds is 0. The minimum absolute atomic E-state index is 0.535. The molecular weight excluding hydrogens is 133 g/mol. The van der Waals surface area contributed by atoms with Crippen LogP contribution in [0.25, 0.3) is 0 Å². The third-order valence-corrected chi connectivity index (χ3v) is 3.63. The van der Waals surface area contributed by atoms with Crippen molar-refractivity contribution in [2.45, 2.75) is 25.7 Å². The van der Waals surface area contributed by atoms with Crippen molar-refractivity contribution in [1.29, 1.82) is 0 Å². The summed E-state index contributed by atoms with van der Waals surface area (Å²) in [6, 6.07) is 0. The molecule has 0 amide bonds. The van der Waals surface area contributed by atoms with E-state index in [1.54, 1.807) is 5.57 Å². The Kier molecular flexibility index (Phi) is 1.44. The zero-order valence-corrected chi connectivity index (χ0v) is 7.72. The first kappa shape index (κ1) is 7.42. The quantitative estimate of drug-likeness (QED) is 0.360. The zero-order valence-electron chi connectivity index (χ0n) is 7.72. The molecule has 0 aromatic carbocycles. The molecule has 0 saturated carbocycles. The van der Waals surface area contributed by atoms with E-state index in [0.717, 1.165) is 5.94 Å². The van der Waals surface area contributed by atoms with Crippen molar-refractivity contribution in [2.24, 2.45) is 5.41 Å². The average Bonchev–Trinajstić information content (AvgIpc) is 2.59. The number of likely N-dealkylation sites (tertiary alicyclic amines) is 1. The Balaban J connectivity index is 2.11. The van der Waals surface area contributed by atoms with E-state index in [9.17, 15) is 0 Å². The number of nitrogens with zero attached hydrogens (tertiary/aromatic N) is 1. The molecular formula is C9H16BN. The maximum Gasteiger partial charge on any atom is 0.125 e. The van der Waals surface area contributed by atoms with Crippen LogP contribution in [0, 0.1) is 5.41 Å². The second kappa shape index (κ2) is 2.13. The van der Waals surface area contributed by atoms with Crippen LogP contribution in [-0.4, -0.2) is 32.3 Å². The summed E-state index contributed by atoms with van der Waals surface area (Å²) in [5.74, 6) is 0.747. The monoisotopic (exact) mass is 149 g/mol. The second-order valence-electron chi connectivity index (χ2n) is 4.13. The highest BCUT2D eigenvalue weighted by molar-refractivity contribution is 6.13. The Morgan fingerprint density at radius 1 is 1.73 bits per heavy atom. The molecule has 1 saturated heterocycles. The summed E-state index contributed by atoms with van der Waals surface area (Å²) in [6.45, 7) is 3.56. The van der Waals surface area contributed by atoms with E-state index in [2.05, 4.69) is 32.8 Å². The first-order chi connectivity index (χ1) is 5.17. The minimum Gasteiger partial charge on any atom is -0.310 e. The maximum atomic E-state index is 2.48. The lowest BCUT2D eigenvalue weighted by Gasteiger charge is -2.39. The predicted molar refractivity (Wildman–Crippen MR) is 50.4 cm³/mol.